The summed E-state index contributed by atoms with van der Waals surface area (Å²) in [7, 11) is -2.01. The van der Waals surface area contributed by atoms with Gasteiger partial charge in [0.05, 0.1) is 11.4 Å². The van der Waals surface area contributed by atoms with Crippen molar-refractivity contribution >= 4 is 16.0 Å². The van der Waals surface area contributed by atoms with Crippen molar-refractivity contribution < 1.29 is 8.42 Å². The van der Waals surface area contributed by atoms with Crippen molar-refractivity contribution in [3.8, 4) is 0 Å². The van der Waals surface area contributed by atoms with Gasteiger partial charge in [-0.3, -0.25) is 4.98 Å². The standard InChI is InChI=1S/C18H25N5O2S/c1-3-20-18(22-13-11-16-6-4-5-12-21-16)23-14-15-7-9-17(10-8-15)26(24,25)19-2/h4-10,12,19H,3,11,13-14H2,1-2H3,(H2,20,22,23). The van der Waals surface area contributed by atoms with Crippen LogP contribution < -0.4 is 15.4 Å². The Labute approximate surface area is 155 Å². The van der Waals surface area contributed by atoms with Crippen molar-refractivity contribution in [2.45, 2.75) is 24.8 Å². The second-order valence-electron chi connectivity index (χ2n) is 5.54. The molecule has 0 radical (unpaired) electrons. The summed E-state index contributed by atoms with van der Waals surface area (Å²) in [5, 5.41) is 6.47. The van der Waals surface area contributed by atoms with Crippen molar-refractivity contribution in [3.63, 3.8) is 0 Å². The van der Waals surface area contributed by atoms with Crippen LogP contribution in [0.5, 0.6) is 0 Å². The molecule has 2 rings (SSSR count). The third kappa shape index (κ3) is 6.12. The Balaban J connectivity index is 1.93. The van der Waals surface area contributed by atoms with Crippen molar-refractivity contribution in [1.29, 1.82) is 0 Å². The van der Waals surface area contributed by atoms with Crippen LogP contribution in [0.25, 0.3) is 0 Å². The number of benzene rings is 1. The van der Waals surface area contributed by atoms with Gasteiger partial charge in [0, 0.05) is 31.4 Å². The van der Waals surface area contributed by atoms with Crippen LogP contribution in [0.4, 0.5) is 0 Å². The lowest BCUT2D eigenvalue weighted by molar-refractivity contribution is 0.588. The van der Waals surface area contributed by atoms with Gasteiger partial charge in [-0.05, 0) is 43.8 Å². The SMILES string of the molecule is CCNC(=NCc1ccc(S(=O)(=O)NC)cc1)NCCc1ccccn1. The number of sulfonamides is 1. The minimum Gasteiger partial charge on any atom is -0.357 e. The summed E-state index contributed by atoms with van der Waals surface area (Å²) in [4.78, 5) is 9.08. The summed E-state index contributed by atoms with van der Waals surface area (Å²) < 4.78 is 25.8. The van der Waals surface area contributed by atoms with E-state index in [9.17, 15) is 8.42 Å². The van der Waals surface area contributed by atoms with E-state index in [0.717, 1.165) is 36.7 Å². The number of aromatic nitrogens is 1. The largest absolute Gasteiger partial charge is 0.357 e. The maximum Gasteiger partial charge on any atom is 0.240 e. The number of hydrogen-bond acceptors (Lipinski definition) is 4. The Hall–Kier alpha value is -2.45. The van der Waals surface area contributed by atoms with E-state index in [4.69, 9.17) is 0 Å². The van der Waals surface area contributed by atoms with Crippen LogP contribution in [0.1, 0.15) is 18.2 Å². The molecule has 0 saturated carbocycles. The molecule has 1 aromatic carbocycles. The molecule has 0 saturated heterocycles. The number of hydrogen-bond donors (Lipinski definition) is 3. The van der Waals surface area contributed by atoms with E-state index in [1.807, 2.05) is 25.1 Å². The quantitative estimate of drug-likeness (QED) is 0.477. The highest BCUT2D eigenvalue weighted by atomic mass is 32.2. The van der Waals surface area contributed by atoms with Crippen LogP contribution in [0.15, 0.2) is 58.5 Å². The first-order valence-electron chi connectivity index (χ1n) is 8.49. The van der Waals surface area contributed by atoms with E-state index < -0.39 is 10.0 Å². The smallest absolute Gasteiger partial charge is 0.240 e. The molecule has 0 aliphatic heterocycles. The number of rotatable bonds is 8. The third-order valence-electron chi connectivity index (χ3n) is 3.67. The summed E-state index contributed by atoms with van der Waals surface area (Å²) in [6.07, 6.45) is 2.59. The highest BCUT2D eigenvalue weighted by Gasteiger charge is 2.10. The van der Waals surface area contributed by atoms with Crippen molar-refractivity contribution in [2.75, 3.05) is 20.1 Å². The molecule has 1 heterocycles. The summed E-state index contributed by atoms with van der Waals surface area (Å²) >= 11 is 0. The van der Waals surface area contributed by atoms with Gasteiger partial charge in [0.1, 0.15) is 0 Å². The number of aliphatic imine (C=N–C) groups is 1. The number of nitrogens with one attached hydrogen (secondary N) is 3. The minimum absolute atomic E-state index is 0.244. The molecule has 0 unspecified atom stereocenters. The zero-order valence-electron chi connectivity index (χ0n) is 15.1. The van der Waals surface area contributed by atoms with E-state index in [-0.39, 0.29) is 4.90 Å². The van der Waals surface area contributed by atoms with Gasteiger partial charge in [0.15, 0.2) is 5.96 Å². The lowest BCUT2D eigenvalue weighted by Crippen LogP contribution is -2.38. The lowest BCUT2D eigenvalue weighted by Gasteiger charge is -2.11. The molecule has 0 spiro atoms. The summed E-state index contributed by atoms with van der Waals surface area (Å²) in [5.74, 6) is 0.718. The first kappa shape index (κ1) is 19.9. The first-order chi connectivity index (χ1) is 12.5. The molecule has 2 aromatic rings. The zero-order valence-corrected chi connectivity index (χ0v) is 15.9. The van der Waals surface area contributed by atoms with Crippen LogP contribution in [-0.2, 0) is 23.0 Å². The van der Waals surface area contributed by atoms with E-state index >= 15 is 0 Å². The van der Waals surface area contributed by atoms with Crippen molar-refractivity contribution in [3.05, 3.63) is 59.9 Å². The number of pyridine rings is 1. The Kier molecular flexibility index (Phi) is 7.55. The fourth-order valence-corrected chi connectivity index (χ4v) is 2.99. The van der Waals surface area contributed by atoms with E-state index in [2.05, 4.69) is 25.3 Å². The molecule has 140 valence electrons. The van der Waals surface area contributed by atoms with Gasteiger partial charge in [0.25, 0.3) is 0 Å². The van der Waals surface area contributed by atoms with E-state index in [0.29, 0.717) is 6.54 Å². The summed E-state index contributed by atoms with van der Waals surface area (Å²) in [5.41, 5.74) is 1.96. The normalized spacial score (nSPS) is 12.0. The number of guanidine groups is 1. The van der Waals surface area contributed by atoms with Crippen molar-refractivity contribution in [2.24, 2.45) is 4.99 Å². The molecule has 26 heavy (non-hydrogen) atoms. The molecule has 8 heteroatoms. The maximum absolute atomic E-state index is 11.7. The van der Waals surface area contributed by atoms with Crippen LogP contribution >= 0.6 is 0 Å². The maximum atomic E-state index is 11.7. The van der Waals surface area contributed by atoms with E-state index in [1.54, 1.807) is 30.5 Å². The predicted molar refractivity (Wildman–Crippen MR) is 103 cm³/mol. The second-order valence-corrected chi connectivity index (χ2v) is 7.43. The first-order valence-corrected chi connectivity index (χ1v) is 9.98. The third-order valence-corrected chi connectivity index (χ3v) is 5.10. The Morgan fingerprint density at radius 3 is 2.50 bits per heavy atom. The van der Waals surface area contributed by atoms with Gasteiger partial charge < -0.3 is 10.6 Å². The lowest BCUT2D eigenvalue weighted by atomic mass is 10.2. The van der Waals surface area contributed by atoms with Gasteiger partial charge in [-0.2, -0.15) is 0 Å². The van der Waals surface area contributed by atoms with Gasteiger partial charge in [-0.1, -0.05) is 18.2 Å². The zero-order chi connectivity index (χ0) is 18.8. The monoisotopic (exact) mass is 375 g/mol. The van der Waals surface area contributed by atoms with Crippen LogP contribution in [-0.4, -0.2) is 39.5 Å². The fraction of sp³-hybridized carbons (Fsp3) is 0.333. The molecule has 0 atom stereocenters. The molecular formula is C18H25N5O2S. The molecule has 0 fully saturated rings. The average Bonchev–Trinajstić information content (AvgIpc) is 2.67. The number of nitrogens with zero attached hydrogens (tertiary/aromatic N) is 2. The van der Waals surface area contributed by atoms with Gasteiger partial charge in [-0.15, -0.1) is 0 Å². The molecule has 1 aromatic heterocycles. The van der Waals surface area contributed by atoms with Crippen LogP contribution in [0, 0.1) is 0 Å². The summed E-state index contributed by atoms with van der Waals surface area (Å²) in [6, 6.07) is 12.6. The van der Waals surface area contributed by atoms with Crippen molar-refractivity contribution in [1.82, 2.24) is 20.3 Å². The molecular weight excluding hydrogens is 350 g/mol. The van der Waals surface area contributed by atoms with Gasteiger partial charge >= 0.3 is 0 Å². The Morgan fingerprint density at radius 1 is 1.12 bits per heavy atom. The average molecular weight is 375 g/mol. The molecule has 0 aliphatic rings. The van der Waals surface area contributed by atoms with Gasteiger partial charge in [-0.25, -0.2) is 18.1 Å². The molecule has 0 aliphatic carbocycles. The Bertz CT molecular complexity index is 805. The van der Waals surface area contributed by atoms with E-state index in [1.165, 1.54) is 7.05 Å². The topological polar surface area (TPSA) is 95.5 Å². The Morgan fingerprint density at radius 2 is 1.88 bits per heavy atom. The summed E-state index contributed by atoms with van der Waals surface area (Å²) in [6.45, 7) is 3.95. The predicted octanol–water partition coefficient (Wildman–Crippen LogP) is 1.29. The highest BCUT2D eigenvalue weighted by molar-refractivity contribution is 7.89. The molecule has 0 bridgehead atoms. The van der Waals surface area contributed by atoms with Gasteiger partial charge in [0.2, 0.25) is 10.0 Å². The minimum atomic E-state index is -3.41. The van der Waals surface area contributed by atoms with Crippen LogP contribution in [0.2, 0.25) is 0 Å². The second kappa shape index (κ2) is 9.88. The molecule has 7 nitrogen and oxygen atoms in total. The highest BCUT2D eigenvalue weighted by Crippen LogP contribution is 2.10. The van der Waals surface area contributed by atoms with Crippen LogP contribution in [0.3, 0.4) is 0 Å². The fourth-order valence-electron chi connectivity index (χ4n) is 2.26. The molecule has 0 amide bonds. The molecule has 3 N–H and O–H groups in total.